The van der Waals surface area contributed by atoms with E-state index in [2.05, 4.69) is 45.3 Å². The smallest absolute Gasteiger partial charge is 0.0542 e. The van der Waals surface area contributed by atoms with Crippen LogP contribution in [0.4, 0.5) is 5.69 Å². The van der Waals surface area contributed by atoms with Gasteiger partial charge in [0.05, 0.1) is 19.3 Å². The Hall–Kier alpha value is -2.00. The SMILES string of the molecule is Clc1ccc(C=NN2CCN(c3ccccc3)CC2)cc1. The van der Waals surface area contributed by atoms with Gasteiger partial charge in [-0.1, -0.05) is 41.9 Å². The fraction of sp³-hybridized carbons (Fsp3) is 0.235. The van der Waals surface area contributed by atoms with Crippen molar-refractivity contribution in [3.63, 3.8) is 0 Å². The third-order valence-corrected chi connectivity index (χ3v) is 3.87. The van der Waals surface area contributed by atoms with Crippen LogP contribution < -0.4 is 4.90 Å². The Kier molecular flexibility index (Phi) is 4.41. The van der Waals surface area contributed by atoms with Crippen LogP contribution in [0.3, 0.4) is 0 Å². The summed E-state index contributed by atoms with van der Waals surface area (Å²) in [5.74, 6) is 0. The Labute approximate surface area is 130 Å². The van der Waals surface area contributed by atoms with Crippen LogP contribution in [0, 0.1) is 0 Å². The van der Waals surface area contributed by atoms with Crippen LogP contribution in [0.5, 0.6) is 0 Å². The van der Waals surface area contributed by atoms with Crippen LogP contribution in [-0.4, -0.2) is 37.4 Å². The van der Waals surface area contributed by atoms with Crippen LogP contribution in [0.25, 0.3) is 0 Å². The molecule has 0 atom stereocenters. The van der Waals surface area contributed by atoms with Gasteiger partial charge in [0.15, 0.2) is 0 Å². The predicted molar refractivity (Wildman–Crippen MR) is 89.3 cm³/mol. The molecular weight excluding hydrogens is 282 g/mol. The van der Waals surface area contributed by atoms with Crippen molar-refractivity contribution in [2.75, 3.05) is 31.1 Å². The van der Waals surface area contributed by atoms with E-state index < -0.39 is 0 Å². The van der Waals surface area contributed by atoms with Crippen molar-refractivity contribution in [3.8, 4) is 0 Å². The highest BCUT2D eigenvalue weighted by molar-refractivity contribution is 6.30. The van der Waals surface area contributed by atoms with Crippen LogP contribution in [0.1, 0.15) is 5.56 Å². The number of para-hydroxylation sites is 1. The summed E-state index contributed by atoms with van der Waals surface area (Å²) in [6.45, 7) is 3.89. The zero-order valence-corrected chi connectivity index (χ0v) is 12.6. The van der Waals surface area contributed by atoms with E-state index in [9.17, 15) is 0 Å². The molecule has 0 radical (unpaired) electrons. The molecule has 1 aliphatic rings. The number of anilines is 1. The van der Waals surface area contributed by atoms with E-state index >= 15 is 0 Å². The predicted octanol–water partition coefficient (Wildman–Crippen LogP) is 3.50. The molecule has 108 valence electrons. The van der Waals surface area contributed by atoms with E-state index in [1.165, 1.54) is 5.69 Å². The van der Waals surface area contributed by atoms with Crippen LogP contribution in [0.15, 0.2) is 59.7 Å². The molecular formula is C17H18ClN3. The van der Waals surface area contributed by atoms with Gasteiger partial charge >= 0.3 is 0 Å². The van der Waals surface area contributed by atoms with Gasteiger partial charge in [-0.25, -0.2) is 0 Å². The molecule has 1 heterocycles. The minimum Gasteiger partial charge on any atom is -0.368 e. The summed E-state index contributed by atoms with van der Waals surface area (Å²) in [5.41, 5.74) is 2.36. The van der Waals surface area contributed by atoms with E-state index in [0.29, 0.717) is 0 Å². The summed E-state index contributed by atoms with van der Waals surface area (Å²) >= 11 is 5.87. The van der Waals surface area contributed by atoms with E-state index in [4.69, 9.17) is 11.6 Å². The summed E-state index contributed by atoms with van der Waals surface area (Å²) in [7, 11) is 0. The van der Waals surface area contributed by atoms with Crippen LogP contribution in [-0.2, 0) is 0 Å². The van der Waals surface area contributed by atoms with Gasteiger partial charge in [-0.3, -0.25) is 5.01 Å². The van der Waals surface area contributed by atoms with Crippen molar-refractivity contribution < 1.29 is 0 Å². The fourth-order valence-electron chi connectivity index (χ4n) is 2.41. The zero-order valence-electron chi connectivity index (χ0n) is 11.8. The molecule has 0 aliphatic carbocycles. The Morgan fingerprint density at radius 3 is 2.19 bits per heavy atom. The average molecular weight is 300 g/mol. The highest BCUT2D eigenvalue weighted by atomic mass is 35.5. The van der Waals surface area contributed by atoms with Crippen molar-refractivity contribution in [1.29, 1.82) is 0 Å². The Bertz CT molecular complexity index is 587. The lowest BCUT2D eigenvalue weighted by molar-refractivity contribution is 0.272. The first-order valence-electron chi connectivity index (χ1n) is 7.16. The molecule has 0 amide bonds. The van der Waals surface area contributed by atoms with Crippen molar-refractivity contribution in [3.05, 3.63) is 65.2 Å². The molecule has 0 unspecified atom stereocenters. The summed E-state index contributed by atoms with van der Waals surface area (Å²) in [6.07, 6.45) is 1.90. The topological polar surface area (TPSA) is 18.8 Å². The summed E-state index contributed by atoms with van der Waals surface area (Å²) in [4.78, 5) is 2.40. The second-order valence-corrected chi connectivity index (χ2v) is 5.51. The maximum absolute atomic E-state index is 5.87. The first kappa shape index (κ1) is 14.0. The van der Waals surface area contributed by atoms with Crippen molar-refractivity contribution >= 4 is 23.5 Å². The third-order valence-electron chi connectivity index (χ3n) is 3.62. The number of piperazine rings is 1. The summed E-state index contributed by atoms with van der Waals surface area (Å²) in [6, 6.07) is 18.3. The molecule has 2 aromatic carbocycles. The molecule has 0 bridgehead atoms. The zero-order chi connectivity index (χ0) is 14.5. The fourth-order valence-corrected chi connectivity index (χ4v) is 2.53. The number of hydrogen-bond donors (Lipinski definition) is 0. The van der Waals surface area contributed by atoms with Gasteiger partial charge in [-0.2, -0.15) is 5.10 Å². The molecule has 4 heteroatoms. The largest absolute Gasteiger partial charge is 0.368 e. The number of rotatable bonds is 3. The highest BCUT2D eigenvalue weighted by Gasteiger charge is 2.15. The van der Waals surface area contributed by atoms with Crippen LogP contribution >= 0.6 is 11.6 Å². The molecule has 1 fully saturated rings. The molecule has 0 saturated carbocycles. The number of benzene rings is 2. The Balaban J connectivity index is 1.55. The summed E-state index contributed by atoms with van der Waals surface area (Å²) in [5, 5.41) is 7.42. The lowest BCUT2D eigenvalue weighted by Crippen LogP contribution is -2.44. The minimum absolute atomic E-state index is 0.753. The van der Waals surface area contributed by atoms with Gasteiger partial charge in [0.1, 0.15) is 0 Å². The second kappa shape index (κ2) is 6.64. The maximum atomic E-state index is 5.87. The average Bonchev–Trinajstić information content (AvgIpc) is 2.56. The number of nitrogens with zero attached hydrogens (tertiary/aromatic N) is 3. The minimum atomic E-state index is 0.753. The van der Waals surface area contributed by atoms with E-state index in [0.717, 1.165) is 36.8 Å². The number of hydrogen-bond acceptors (Lipinski definition) is 3. The molecule has 0 aromatic heterocycles. The Morgan fingerprint density at radius 1 is 0.857 bits per heavy atom. The maximum Gasteiger partial charge on any atom is 0.0542 e. The van der Waals surface area contributed by atoms with Gasteiger partial charge < -0.3 is 4.90 Å². The van der Waals surface area contributed by atoms with Gasteiger partial charge in [-0.15, -0.1) is 0 Å². The van der Waals surface area contributed by atoms with Crippen molar-refractivity contribution in [1.82, 2.24) is 5.01 Å². The van der Waals surface area contributed by atoms with E-state index in [1.54, 1.807) is 0 Å². The van der Waals surface area contributed by atoms with E-state index in [1.807, 2.05) is 30.5 Å². The van der Waals surface area contributed by atoms with Crippen molar-refractivity contribution in [2.45, 2.75) is 0 Å². The normalized spacial score (nSPS) is 15.7. The lowest BCUT2D eigenvalue weighted by Gasteiger charge is -2.34. The standard InChI is InChI=1S/C17H18ClN3/c18-16-8-6-15(7-9-16)14-19-21-12-10-20(11-13-21)17-4-2-1-3-5-17/h1-9,14H,10-13H2. The summed E-state index contributed by atoms with van der Waals surface area (Å²) < 4.78 is 0. The monoisotopic (exact) mass is 299 g/mol. The highest BCUT2D eigenvalue weighted by Crippen LogP contribution is 2.15. The molecule has 1 saturated heterocycles. The van der Waals surface area contributed by atoms with Crippen LogP contribution in [0.2, 0.25) is 5.02 Å². The first-order chi connectivity index (χ1) is 10.3. The molecule has 1 aliphatic heterocycles. The molecule has 2 aromatic rings. The second-order valence-electron chi connectivity index (χ2n) is 5.07. The van der Waals surface area contributed by atoms with E-state index in [-0.39, 0.29) is 0 Å². The molecule has 3 rings (SSSR count). The number of hydrazone groups is 1. The molecule has 0 spiro atoms. The molecule has 0 N–H and O–H groups in total. The van der Waals surface area contributed by atoms with Gasteiger partial charge in [-0.05, 0) is 29.8 Å². The molecule has 21 heavy (non-hydrogen) atoms. The Morgan fingerprint density at radius 2 is 1.52 bits per heavy atom. The first-order valence-corrected chi connectivity index (χ1v) is 7.53. The molecule has 3 nitrogen and oxygen atoms in total. The number of halogens is 1. The van der Waals surface area contributed by atoms with Gasteiger partial charge in [0.25, 0.3) is 0 Å². The lowest BCUT2D eigenvalue weighted by atomic mass is 10.2. The van der Waals surface area contributed by atoms with Gasteiger partial charge in [0.2, 0.25) is 0 Å². The third kappa shape index (κ3) is 3.76. The van der Waals surface area contributed by atoms with Crippen molar-refractivity contribution in [2.24, 2.45) is 5.10 Å². The quantitative estimate of drug-likeness (QED) is 0.808. The van der Waals surface area contributed by atoms with Gasteiger partial charge in [0, 0.05) is 23.8 Å².